The van der Waals surface area contributed by atoms with Gasteiger partial charge in [0.1, 0.15) is 5.69 Å². The van der Waals surface area contributed by atoms with E-state index in [1.807, 2.05) is 0 Å². The average molecular weight is 212 g/mol. The van der Waals surface area contributed by atoms with E-state index < -0.39 is 12.1 Å². The second-order valence-corrected chi connectivity index (χ2v) is 2.79. The Bertz CT molecular complexity index is 471. The fourth-order valence-corrected chi connectivity index (χ4v) is 1.11. The molecule has 0 amide bonds. The van der Waals surface area contributed by atoms with Crippen molar-refractivity contribution in [3.05, 3.63) is 30.1 Å². The number of hydrogen-bond donors (Lipinski definition) is 1. The van der Waals surface area contributed by atoms with Gasteiger partial charge < -0.3 is 9.63 Å². The van der Waals surface area contributed by atoms with E-state index in [1.54, 1.807) is 6.07 Å². The topological polar surface area (TPSA) is 59.2 Å². The second-order valence-electron chi connectivity index (χ2n) is 2.79. The molecule has 0 aromatic carbocycles. The van der Waals surface area contributed by atoms with Crippen molar-refractivity contribution in [2.75, 3.05) is 0 Å². The summed E-state index contributed by atoms with van der Waals surface area (Å²) in [4.78, 5) is 3.59. The van der Waals surface area contributed by atoms with E-state index in [2.05, 4.69) is 14.7 Å². The van der Waals surface area contributed by atoms with Gasteiger partial charge in [0.2, 0.25) is 5.88 Å². The highest BCUT2D eigenvalue weighted by atomic mass is 19.3. The first-order valence-electron chi connectivity index (χ1n) is 4.07. The number of hydrogen-bond acceptors (Lipinski definition) is 4. The molecule has 2 heterocycles. The number of rotatable bonds is 2. The first-order valence-corrected chi connectivity index (χ1v) is 4.07. The van der Waals surface area contributed by atoms with Gasteiger partial charge in [-0.1, -0.05) is 5.16 Å². The van der Waals surface area contributed by atoms with Gasteiger partial charge in [0.05, 0.1) is 5.56 Å². The predicted molar refractivity (Wildman–Crippen MR) is 46.4 cm³/mol. The van der Waals surface area contributed by atoms with Crippen molar-refractivity contribution in [1.82, 2.24) is 10.1 Å². The average Bonchev–Trinajstić information content (AvgIpc) is 2.67. The number of alkyl halides is 2. The Kier molecular flexibility index (Phi) is 2.32. The summed E-state index contributed by atoms with van der Waals surface area (Å²) in [6.07, 6.45) is -1.32. The summed E-state index contributed by atoms with van der Waals surface area (Å²) in [6.45, 7) is 0. The molecular formula is C9H6F2N2O2. The fraction of sp³-hybridized carbons (Fsp3) is 0.111. The zero-order chi connectivity index (χ0) is 10.8. The highest BCUT2D eigenvalue weighted by molar-refractivity contribution is 5.62. The van der Waals surface area contributed by atoms with Crippen LogP contribution in [-0.2, 0) is 0 Å². The molecule has 6 heteroatoms. The zero-order valence-electron chi connectivity index (χ0n) is 7.39. The summed E-state index contributed by atoms with van der Waals surface area (Å²) >= 11 is 0. The summed E-state index contributed by atoms with van der Waals surface area (Å²) in [7, 11) is 0. The van der Waals surface area contributed by atoms with Crippen LogP contribution in [0.1, 0.15) is 12.1 Å². The van der Waals surface area contributed by atoms with Gasteiger partial charge in [-0.15, -0.1) is 0 Å². The molecule has 0 spiro atoms. The van der Waals surface area contributed by atoms with Crippen molar-refractivity contribution < 1.29 is 18.4 Å². The van der Waals surface area contributed by atoms with E-state index in [1.165, 1.54) is 12.3 Å². The standard InChI is InChI=1S/C9H6F2N2O2/c10-8(11)6-4-7(15-13-6)5-2-1-3-12-9(5)14/h1-4,8H,(H,12,14). The summed E-state index contributed by atoms with van der Waals surface area (Å²) in [5.74, 6) is -0.217. The smallest absolute Gasteiger partial charge is 0.283 e. The first kappa shape index (κ1) is 9.57. The van der Waals surface area contributed by atoms with Crippen LogP contribution in [0.5, 0.6) is 5.88 Å². The van der Waals surface area contributed by atoms with E-state index in [0.717, 1.165) is 6.07 Å². The molecule has 2 rings (SSSR count). The molecule has 4 nitrogen and oxygen atoms in total. The minimum absolute atomic E-state index is 0.0656. The Morgan fingerprint density at radius 3 is 2.80 bits per heavy atom. The van der Waals surface area contributed by atoms with Gasteiger partial charge >= 0.3 is 0 Å². The Morgan fingerprint density at radius 2 is 2.20 bits per heavy atom. The molecule has 0 saturated carbocycles. The van der Waals surface area contributed by atoms with Crippen molar-refractivity contribution in [2.24, 2.45) is 0 Å². The molecule has 2 aromatic heterocycles. The van der Waals surface area contributed by atoms with Crippen LogP contribution < -0.4 is 0 Å². The minimum Gasteiger partial charge on any atom is -0.493 e. The molecule has 78 valence electrons. The van der Waals surface area contributed by atoms with Gasteiger partial charge in [-0.3, -0.25) is 0 Å². The molecule has 0 aliphatic heterocycles. The molecular weight excluding hydrogens is 206 g/mol. The molecule has 0 atom stereocenters. The summed E-state index contributed by atoms with van der Waals surface area (Å²) in [6, 6.07) is 4.12. The van der Waals surface area contributed by atoms with Crippen LogP contribution in [0.4, 0.5) is 8.78 Å². The van der Waals surface area contributed by atoms with Crippen LogP contribution in [0.15, 0.2) is 28.9 Å². The normalized spacial score (nSPS) is 10.9. The lowest BCUT2D eigenvalue weighted by Gasteiger charge is -1.96. The molecule has 15 heavy (non-hydrogen) atoms. The van der Waals surface area contributed by atoms with Crippen LogP contribution in [0.25, 0.3) is 11.3 Å². The van der Waals surface area contributed by atoms with E-state index in [4.69, 9.17) is 0 Å². The van der Waals surface area contributed by atoms with Crippen LogP contribution in [-0.4, -0.2) is 15.2 Å². The zero-order valence-corrected chi connectivity index (χ0v) is 7.39. The highest BCUT2D eigenvalue weighted by Crippen LogP contribution is 2.29. The van der Waals surface area contributed by atoms with Gasteiger partial charge in [0.15, 0.2) is 5.76 Å². The van der Waals surface area contributed by atoms with Gasteiger partial charge in [-0.25, -0.2) is 13.8 Å². The Balaban J connectivity index is 2.42. The molecule has 0 radical (unpaired) electrons. The number of pyridine rings is 1. The molecule has 0 aliphatic carbocycles. The van der Waals surface area contributed by atoms with E-state index in [-0.39, 0.29) is 17.2 Å². The van der Waals surface area contributed by atoms with Crippen molar-refractivity contribution in [3.8, 4) is 17.2 Å². The van der Waals surface area contributed by atoms with Crippen LogP contribution in [0.3, 0.4) is 0 Å². The van der Waals surface area contributed by atoms with Crippen molar-refractivity contribution in [1.29, 1.82) is 0 Å². The van der Waals surface area contributed by atoms with Gasteiger partial charge in [0.25, 0.3) is 6.43 Å². The molecule has 0 bridgehead atoms. The van der Waals surface area contributed by atoms with Gasteiger partial charge in [0, 0.05) is 12.3 Å². The lowest BCUT2D eigenvalue weighted by Crippen LogP contribution is -1.81. The maximum Gasteiger partial charge on any atom is 0.283 e. The Morgan fingerprint density at radius 1 is 1.40 bits per heavy atom. The number of nitrogens with zero attached hydrogens (tertiary/aromatic N) is 2. The number of aromatic hydroxyl groups is 1. The number of halogens is 2. The van der Waals surface area contributed by atoms with Crippen LogP contribution >= 0.6 is 0 Å². The monoisotopic (exact) mass is 212 g/mol. The molecule has 0 aliphatic rings. The maximum atomic E-state index is 12.2. The third-order valence-corrected chi connectivity index (χ3v) is 1.80. The summed E-state index contributed by atoms with van der Waals surface area (Å²) in [5, 5.41) is 12.5. The lowest BCUT2D eigenvalue weighted by atomic mass is 10.2. The molecule has 1 N–H and O–H groups in total. The Hall–Kier alpha value is -1.98. The highest BCUT2D eigenvalue weighted by Gasteiger charge is 2.16. The van der Waals surface area contributed by atoms with E-state index >= 15 is 0 Å². The SMILES string of the molecule is Oc1ncccc1-c1cc(C(F)F)no1. The van der Waals surface area contributed by atoms with Gasteiger partial charge in [-0.05, 0) is 12.1 Å². The third kappa shape index (κ3) is 1.78. The van der Waals surface area contributed by atoms with E-state index in [0.29, 0.717) is 0 Å². The van der Waals surface area contributed by atoms with Crippen LogP contribution in [0.2, 0.25) is 0 Å². The molecule has 2 aromatic rings. The lowest BCUT2D eigenvalue weighted by molar-refractivity contribution is 0.140. The summed E-state index contributed by atoms with van der Waals surface area (Å²) in [5.41, 5.74) is -0.231. The quantitative estimate of drug-likeness (QED) is 0.830. The minimum atomic E-state index is -2.69. The molecule has 0 fully saturated rings. The molecule has 0 saturated heterocycles. The summed E-state index contributed by atoms with van der Waals surface area (Å²) < 4.78 is 29.1. The van der Waals surface area contributed by atoms with E-state index in [9.17, 15) is 13.9 Å². The predicted octanol–water partition coefficient (Wildman–Crippen LogP) is 2.38. The largest absolute Gasteiger partial charge is 0.493 e. The van der Waals surface area contributed by atoms with Gasteiger partial charge in [-0.2, -0.15) is 0 Å². The molecule has 0 unspecified atom stereocenters. The fourth-order valence-electron chi connectivity index (χ4n) is 1.11. The first-order chi connectivity index (χ1) is 7.18. The van der Waals surface area contributed by atoms with Crippen molar-refractivity contribution in [3.63, 3.8) is 0 Å². The van der Waals surface area contributed by atoms with Crippen molar-refractivity contribution >= 4 is 0 Å². The second kappa shape index (κ2) is 3.64. The Labute approximate surface area is 83.2 Å². The maximum absolute atomic E-state index is 12.2. The van der Waals surface area contributed by atoms with Crippen LogP contribution in [0, 0.1) is 0 Å². The van der Waals surface area contributed by atoms with Crippen molar-refractivity contribution in [2.45, 2.75) is 6.43 Å². The number of aromatic nitrogens is 2. The third-order valence-electron chi connectivity index (χ3n) is 1.80.